The van der Waals surface area contributed by atoms with Gasteiger partial charge in [-0.15, -0.1) is 11.3 Å². The number of aryl methyl sites for hydroxylation is 1. The largest absolute Gasteiger partial charge is 0.388 e. The van der Waals surface area contributed by atoms with Crippen LogP contribution in [0.25, 0.3) is 10.6 Å². The van der Waals surface area contributed by atoms with E-state index in [9.17, 15) is 9.50 Å². The van der Waals surface area contributed by atoms with Crippen LogP contribution in [0.2, 0.25) is 0 Å². The first kappa shape index (κ1) is 10.9. The van der Waals surface area contributed by atoms with Gasteiger partial charge in [-0.3, -0.25) is 0 Å². The molecule has 1 aromatic heterocycles. The number of aromatic nitrogens is 1. The first-order valence-electron chi connectivity index (χ1n) is 5.68. The van der Waals surface area contributed by atoms with E-state index in [-0.39, 0.29) is 5.82 Å². The maximum absolute atomic E-state index is 13.6. The fourth-order valence-electron chi connectivity index (χ4n) is 2.15. The van der Waals surface area contributed by atoms with Crippen molar-refractivity contribution in [2.45, 2.75) is 25.4 Å². The van der Waals surface area contributed by atoms with Crippen LogP contribution < -0.4 is 0 Å². The molecule has 0 radical (unpaired) electrons. The summed E-state index contributed by atoms with van der Waals surface area (Å²) in [5.41, 5.74) is 1.46. The smallest absolute Gasteiger partial charge is 0.133 e. The van der Waals surface area contributed by atoms with Crippen molar-refractivity contribution >= 4 is 11.3 Å². The summed E-state index contributed by atoms with van der Waals surface area (Å²) in [7, 11) is 0. The molecule has 0 bridgehead atoms. The Kier molecular flexibility index (Phi) is 2.68. The second kappa shape index (κ2) is 4.20. The number of nitrogens with zero attached hydrogens (tertiary/aromatic N) is 1. The van der Waals surface area contributed by atoms with Gasteiger partial charge in [-0.25, -0.2) is 9.37 Å². The first-order valence-corrected chi connectivity index (χ1v) is 6.50. The third-order valence-corrected chi connectivity index (χ3v) is 4.26. The lowest BCUT2D eigenvalue weighted by Crippen LogP contribution is -2.06. The maximum atomic E-state index is 13.6. The normalized spacial score (nSPS) is 19.1. The Balaban J connectivity index is 2.08. The van der Waals surface area contributed by atoms with Crippen LogP contribution in [0.1, 0.15) is 29.5 Å². The molecular formula is C13H12FNOS. The molecular weight excluding hydrogens is 237 g/mol. The third-order valence-electron chi connectivity index (χ3n) is 3.03. The Labute approximate surface area is 103 Å². The van der Waals surface area contributed by atoms with E-state index in [0.29, 0.717) is 10.6 Å². The monoisotopic (exact) mass is 249 g/mol. The Morgan fingerprint density at radius 2 is 2.18 bits per heavy atom. The van der Waals surface area contributed by atoms with E-state index in [4.69, 9.17) is 0 Å². The Bertz CT molecular complexity index is 552. The van der Waals surface area contributed by atoms with Crippen molar-refractivity contribution in [3.8, 4) is 10.6 Å². The predicted octanol–water partition coefficient (Wildman–Crippen LogP) is 3.32. The third kappa shape index (κ3) is 1.87. The molecule has 1 atom stereocenters. The van der Waals surface area contributed by atoms with E-state index in [0.717, 1.165) is 29.8 Å². The highest BCUT2D eigenvalue weighted by Gasteiger charge is 2.23. The summed E-state index contributed by atoms with van der Waals surface area (Å²) in [6.07, 6.45) is 2.20. The number of aliphatic hydroxyl groups excluding tert-OH is 1. The van der Waals surface area contributed by atoms with Crippen molar-refractivity contribution in [3.63, 3.8) is 0 Å². The van der Waals surface area contributed by atoms with Crippen molar-refractivity contribution in [2.75, 3.05) is 0 Å². The highest BCUT2D eigenvalue weighted by Crippen LogP contribution is 2.38. The fraction of sp³-hybridized carbons (Fsp3) is 0.308. The zero-order valence-electron chi connectivity index (χ0n) is 9.19. The van der Waals surface area contributed by atoms with Crippen molar-refractivity contribution in [1.82, 2.24) is 4.98 Å². The maximum Gasteiger partial charge on any atom is 0.133 e. The summed E-state index contributed by atoms with van der Waals surface area (Å²) >= 11 is 1.41. The molecule has 0 saturated carbocycles. The van der Waals surface area contributed by atoms with Crippen LogP contribution >= 0.6 is 11.3 Å². The van der Waals surface area contributed by atoms with E-state index in [1.165, 1.54) is 17.4 Å². The summed E-state index contributed by atoms with van der Waals surface area (Å²) in [6.45, 7) is 0. The van der Waals surface area contributed by atoms with Gasteiger partial charge in [0.15, 0.2) is 0 Å². The second-order valence-electron chi connectivity index (χ2n) is 4.22. The van der Waals surface area contributed by atoms with Gasteiger partial charge in [0.05, 0.1) is 16.7 Å². The molecule has 3 rings (SSSR count). The Morgan fingerprint density at radius 1 is 1.35 bits per heavy atom. The molecule has 0 saturated heterocycles. The van der Waals surface area contributed by atoms with E-state index < -0.39 is 6.10 Å². The second-order valence-corrected chi connectivity index (χ2v) is 5.25. The molecule has 1 aliphatic rings. The van der Waals surface area contributed by atoms with Crippen LogP contribution in [0.3, 0.4) is 0 Å². The van der Waals surface area contributed by atoms with Crippen molar-refractivity contribution in [2.24, 2.45) is 0 Å². The van der Waals surface area contributed by atoms with Crippen molar-refractivity contribution in [1.29, 1.82) is 0 Å². The average Bonchev–Trinajstić information content (AvgIpc) is 2.75. The van der Waals surface area contributed by atoms with E-state index in [1.54, 1.807) is 18.2 Å². The van der Waals surface area contributed by atoms with Crippen LogP contribution in [0.5, 0.6) is 0 Å². The van der Waals surface area contributed by atoms with Gasteiger partial charge in [-0.05, 0) is 31.4 Å². The zero-order valence-corrected chi connectivity index (χ0v) is 10.0. The lowest BCUT2D eigenvalue weighted by Gasteiger charge is -2.14. The molecule has 1 aromatic carbocycles. The molecule has 0 amide bonds. The lowest BCUT2D eigenvalue weighted by molar-refractivity contribution is 0.160. The molecule has 1 N–H and O–H groups in total. The minimum atomic E-state index is -0.420. The van der Waals surface area contributed by atoms with Gasteiger partial charge in [-0.2, -0.15) is 0 Å². The number of hydrogen-bond acceptors (Lipinski definition) is 3. The minimum Gasteiger partial charge on any atom is -0.388 e. The number of rotatable bonds is 1. The van der Waals surface area contributed by atoms with Crippen LogP contribution in [-0.2, 0) is 6.42 Å². The molecule has 0 aliphatic heterocycles. The van der Waals surface area contributed by atoms with Gasteiger partial charge in [0.25, 0.3) is 0 Å². The quantitative estimate of drug-likeness (QED) is 0.841. The molecule has 17 heavy (non-hydrogen) atoms. The highest BCUT2D eigenvalue weighted by molar-refractivity contribution is 7.15. The number of fused-ring (bicyclic) bond motifs is 1. The summed E-state index contributed by atoms with van der Waals surface area (Å²) < 4.78 is 13.6. The number of hydrogen-bond donors (Lipinski definition) is 1. The van der Waals surface area contributed by atoms with Crippen molar-refractivity contribution in [3.05, 3.63) is 40.7 Å². The van der Waals surface area contributed by atoms with Crippen LogP contribution in [0.4, 0.5) is 4.39 Å². The van der Waals surface area contributed by atoms with E-state index in [2.05, 4.69) is 4.98 Å². The van der Waals surface area contributed by atoms with Crippen LogP contribution in [0, 0.1) is 5.82 Å². The molecule has 88 valence electrons. The Hall–Kier alpha value is -1.26. The molecule has 0 spiro atoms. The SMILES string of the molecule is OC1CCCc2nc(-c3ccccc3F)sc21. The summed E-state index contributed by atoms with van der Waals surface area (Å²) in [6, 6.07) is 6.63. The lowest BCUT2D eigenvalue weighted by atomic mass is 10.0. The summed E-state index contributed by atoms with van der Waals surface area (Å²) in [4.78, 5) is 5.36. The van der Waals surface area contributed by atoms with E-state index >= 15 is 0 Å². The molecule has 1 unspecified atom stereocenters. The van der Waals surface area contributed by atoms with Crippen LogP contribution in [0.15, 0.2) is 24.3 Å². The minimum absolute atomic E-state index is 0.256. The van der Waals surface area contributed by atoms with Gasteiger partial charge in [0, 0.05) is 5.56 Å². The standard InChI is InChI=1S/C13H12FNOS/c14-9-5-2-1-4-8(9)13-15-10-6-3-7-11(16)12(10)17-13/h1-2,4-5,11,16H,3,6-7H2. The average molecular weight is 249 g/mol. The molecule has 1 heterocycles. The van der Waals surface area contributed by atoms with Crippen molar-refractivity contribution < 1.29 is 9.50 Å². The number of halogens is 1. The molecule has 4 heteroatoms. The van der Waals surface area contributed by atoms with E-state index in [1.807, 2.05) is 0 Å². The molecule has 0 fully saturated rings. The van der Waals surface area contributed by atoms with Gasteiger partial charge >= 0.3 is 0 Å². The topological polar surface area (TPSA) is 33.1 Å². The summed E-state index contributed by atoms with van der Waals surface area (Å²) in [5, 5.41) is 10.5. The molecule has 1 aliphatic carbocycles. The molecule has 2 nitrogen and oxygen atoms in total. The molecule has 2 aromatic rings. The number of thiazole rings is 1. The fourth-order valence-corrected chi connectivity index (χ4v) is 3.31. The number of benzene rings is 1. The van der Waals surface area contributed by atoms with Gasteiger partial charge in [0.1, 0.15) is 10.8 Å². The predicted molar refractivity (Wildman–Crippen MR) is 65.4 cm³/mol. The number of aliphatic hydroxyl groups is 1. The van der Waals surface area contributed by atoms with Gasteiger partial charge in [-0.1, -0.05) is 12.1 Å². The highest BCUT2D eigenvalue weighted by atomic mass is 32.1. The Morgan fingerprint density at radius 3 is 2.94 bits per heavy atom. The first-order chi connectivity index (χ1) is 8.25. The van der Waals surface area contributed by atoms with Crippen LogP contribution in [-0.4, -0.2) is 10.1 Å². The van der Waals surface area contributed by atoms with Gasteiger partial charge in [0.2, 0.25) is 0 Å². The summed E-state index contributed by atoms with van der Waals surface area (Å²) in [5.74, 6) is -0.256. The zero-order chi connectivity index (χ0) is 11.8. The van der Waals surface area contributed by atoms with Gasteiger partial charge < -0.3 is 5.11 Å².